The van der Waals surface area contributed by atoms with Crippen molar-refractivity contribution in [3.8, 4) is 11.3 Å². The highest BCUT2D eigenvalue weighted by molar-refractivity contribution is 7.89. The molecule has 0 unspecified atom stereocenters. The van der Waals surface area contributed by atoms with Crippen molar-refractivity contribution in [2.24, 2.45) is 0 Å². The lowest BCUT2D eigenvalue weighted by Crippen LogP contribution is -2.30. The minimum Gasteiger partial charge on any atom is -0.285 e. The Hall–Kier alpha value is -2.22. The molecule has 0 saturated carbocycles. The molecule has 2 N–H and O–H groups in total. The smallest absolute Gasteiger partial charge is 0.283 e. The predicted octanol–water partition coefficient (Wildman–Crippen LogP) is 0.161. The Balaban J connectivity index is 2.31. The molecule has 0 radical (unpaired) electrons. The summed E-state index contributed by atoms with van der Waals surface area (Å²) in [5.74, 6) is -0.761. The number of carbonyl (C=O) groups excluding carboxylic acids is 1. The second kappa shape index (κ2) is 4.57. The molecule has 1 amide bonds. The normalized spacial score (nSPS) is 11.2. The molecule has 94 valence electrons. The van der Waals surface area contributed by atoms with Crippen LogP contribution < -0.4 is 4.72 Å². The highest BCUT2D eigenvalue weighted by Gasteiger charge is 2.13. The van der Waals surface area contributed by atoms with Gasteiger partial charge in [0.05, 0.1) is 18.1 Å². The monoisotopic (exact) mass is 266 g/mol. The average molecular weight is 266 g/mol. The maximum atomic E-state index is 11.6. The zero-order valence-corrected chi connectivity index (χ0v) is 10.2. The topological polar surface area (TPSA) is 105 Å². The molecule has 18 heavy (non-hydrogen) atoms. The zero-order valence-electron chi connectivity index (χ0n) is 9.41. The third-order valence-corrected chi connectivity index (χ3v) is 2.61. The van der Waals surface area contributed by atoms with Crippen LogP contribution in [-0.2, 0) is 10.0 Å². The van der Waals surface area contributed by atoms with Crippen molar-refractivity contribution in [1.29, 1.82) is 0 Å². The van der Waals surface area contributed by atoms with Crippen LogP contribution >= 0.6 is 0 Å². The van der Waals surface area contributed by atoms with E-state index in [1.807, 2.05) is 4.72 Å². The van der Waals surface area contributed by atoms with Crippen LogP contribution in [0.3, 0.4) is 0 Å². The molecule has 0 aliphatic heterocycles. The van der Waals surface area contributed by atoms with Gasteiger partial charge in [0, 0.05) is 11.8 Å². The molecule has 2 aromatic rings. The van der Waals surface area contributed by atoms with Gasteiger partial charge in [-0.1, -0.05) is 6.07 Å². The van der Waals surface area contributed by atoms with Gasteiger partial charge in [-0.25, -0.2) is 18.1 Å². The highest BCUT2D eigenvalue weighted by Crippen LogP contribution is 2.14. The van der Waals surface area contributed by atoms with Crippen LogP contribution in [0.4, 0.5) is 0 Å². The van der Waals surface area contributed by atoms with E-state index < -0.39 is 15.9 Å². The number of nitrogens with zero attached hydrogens (tertiary/aromatic N) is 2. The molecule has 2 heterocycles. The number of carbonyl (C=O) groups is 1. The molecule has 0 bridgehead atoms. The van der Waals surface area contributed by atoms with E-state index in [9.17, 15) is 13.2 Å². The first-order chi connectivity index (χ1) is 8.46. The first-order valence-electron chi connectivity index (χ1n) is 4.94. The van der Waals surface area contributed by atoms with Crippen LogP contribution in [0.25, 0.3) is 11.3 Å². The Kier molecular flexibility index (Phi) is 3.11. The van der Waals surface area contributed by atoms with Crippen LogP contribution in [-0.4, -0.2) is 35.8 Å². The second-order valence-corrected chi connectivity index (χ2v) is 5.35. The Labute approximate surface area is 103 Å². The van der Waals surface area contributed by atoms with Crippen molar-refractivity contribution in [3.63, 3.8) is 0 Å². The molecule has 0 aromatic carbocycles. The lowest BCUT2D eigenvalue weighted by molar-refractivity contribution is 0.0977. The minimum atomic E-state index is -3.60. The van der Waals surface area contributed by atoms with E-state index in [0.29, 0.717) is 11.3 Å². The van der Waals surface area contributed by atoms with Crippen LogP contribution in [0.15, 0.2) is 30.6 Å². The minimum absolute atomic E-state index is 0.0270. The Morgan fingerprint density at radius 1 is 1.39 bits per heavy atom. The maximum absolute atomic E-state index is 11.6. The summed E-state index contributed by atoms with van der Waals surface area (Å²) in [4.78, 5) is 15.7. The van der Waals surface area contributed by atoms with E-state index in [1.165, 1.54) is 6.07 Å². The van der Waals surface area contributed by atoms with Gasteiger partial charge >= 0.3 is 0 Å². The summed E-state index contributed by atoms with van der Waals surface area (Å²) in [7, 11) is -3.60. The third-order valence-electron chi connectivity index (χ3n) is 2.05. The van der Waals surface area contributed by atoms with Crippen LogP contribution in [0.2, 0.25) is 0 Å². The highest BCUT2D eigenvalue weighted by atomic mass is 32.2. The fraction of sp³-hybridized carbons (Fsp3) is 0.100. The molecule has 0 aliphatic rings. The molecule has 0 atom stereocenters. The number of nitrogens with one attached hydrogen (secondary N) is 2. The number of aromatic amines is 1. The average Bonchev–Trinajstić information content (AvgIpc) is 2.80. The Morgan fingerprint density at radius 2 is 2.17 bits per heavy atom. The van der Waals surface area contributed by atoms with Gasteiger partial charge in [0.15, 0.2) is 0 Å². The van der Waals surface area contributed by atoms with Gasteiger partial charge in [-0.05, 0) is 12.1 Å². The maximum Gasteiger partial charge on any atom is 0.283 e. The standard InChI is InChI=1S/C10H10N4O3S/c1-18(16,17)14-10(15)9-4-2-3-8(13-9)7-5-11-12-6-7/h2-6H,1H3,(H,11,12)(H,14,15). The first-order valence-corrected chi connectivity index (χ1v) is 6.83. The van der Waals surface area contributed by atoms with Gasteiger partial charge in [0.2, 0.25) is 10.0 Å². The van der Waals surface area contributed by atoms with E-state index in [2.05, 4.69) is 15.2 Å². The number of amides is 1. The van der Waals surface area contributed by atoms with E-state index in [0.717, 1.165) is 6.26 Å². The summed E-state index contributed by atoms with van der Waals surface area (Å²) in [5, 5.41) is 6.40. The van der Waals surface area contributed by atoms with Crippen LogP contribution in [0.1, 0.15) is 10.5 Å². The molecular formula is C10H10N4O3S. The van der Waals surface area contributed by atoms with Gasteiger partial charge in [-0.15, -0.1) is 0 Å². The summed E-state index contributed by atoms with van der Waals surface area (Å²) in [6, 6.07) is 4.75. The largest absolute Gasteiger partial charge is 0.285 e. The van der Waals surface area contributed by atoms with Crippen molar-refractivity contribution in [3.05, 3.63) is 36.3 Å². The number of aromatic nitrogens is 3. The molecule has 7 nitrogen and oxygen atoms in total. The van der Waals surface area contributed by atoms with Gasteiger partial charge in [-0.3, -0.25) is 9.89 Å². The van der Waals surface area contributed by atoms with E-state index in [4.69, 9.17) is 0 Å². The van der Waals surface area contributed by atoms with Crippen LogP contribution in [0.5, 0.6) is 0 Å². The van der Waals surface area contributed by atoms with Crippen molar-refractivity contribution in [2.75, 3.05) is 6.26 Å². The summed E-state index contributed by atoms with van der Waals surface area (Å²) < 4.78 is 23.8. The van der Waals surface area contributed by atoms with Crippen molar-refractivity contribution < 1.29 is 13.2 Å². The predicted molar refractivity (Wildman–Crippen MR) is 64.1 cm³/mol. The summed E-state index contributed by atoms with van der Waals surface area (Å²) in [6.45, 7) is 0. The third kappa shape index (κ3) is 2.92. The number of H-pyrrole nitrogens is 1. The van der Waals surface area contributed by atoms with Crippen molar-refractivity contribution >= 4 is 15.9 Å². The van der Waals surface area contributed by atoms with Crippen molar-refractivity contribution in [2.45, 2.75) is 0 Å². The molecule has 2 rings (SSSR count). The quantitative estimate of drug-likeness (QED) is 0.823. The van der Waals surface area contributed by atoms with Crippen molar-refractivity contribution in [1.82, 2.24) is 19.9 Å². The molecule has 0 saturated heterocycles. The van der Waals surface area contributed by atoms with Gasteiger partial charge in [-0.2, -0.15) is 5.10 Å². The fourth-order valence-corrected chi connectivity index (χ4v) is 1.77. The summed E-state index contributed by atoms with van der Waals surface area (Å²) in [6.07, 6.45) is 4.09. The van der Waals surface area contributed by atoms with E-state index in [1.54, 1.807) is 24.5 Å². The number of hydrogen-bond donors (Lipinski definition) is 2. The lowest BCUT2D eigenvalue weighted by atomic mass is 10.2. The van der Waals surface area contributed by atoms with E-state index in [-0.39, 0.29) is 5.69 Å². The molecule has 0 fully saturated rings. The molecular weight excluding hydrogens is 256 g/mol. The molecule has 0 aliphatic carbocycles. The summed E-state index contributed by atoms with van der Waals surface area (Å²) >= 11 is 0. The molecule has 8 heteroatoms. The Bertz CT molecular complexity index is 664. The van der Waals surface area contributed by atoms with Gasteiger partial charge < -0.3 is 0 Å². The zero-order chi connectivity index (χ0) is 13.2. The molecule has 2 aromatic heterocycles. The second-order valence-electron chi connectivity index (χ2n) is 3.60. The lowest BCUT2D eigenvalue weighted by Gasteiger charge is -2.03. The number of pyridine rings is 1. The van der Waals surface area contributed by atoms with Gasteiger partial charge in [0.1, 0.15) is 5.69 Å². The Morgan fingerprint density at radius 3 is 2.78 bits per heavy atom. The molecule has 0 spiro atoms. The summed E-state index contributed by atoms with van der Waals surface area (Å²) in [5.41, 5.74) is 1.27. The first kappa shape index (κ1) is 12.2. The fourth-order valence-electron chi connectivity index (χ4n) is 1.33. The van der Waals surface area contributed by atoms with E-state index >= 15 is 0 Å². The SMILES string of the molecule is CS(=O)(=O)NC(=O)c1cccc(-c2cn[nH]c2)n1. The van der Waals surface area contributed by atoms with Gasteiger partial charge in [0.25, 0.3) is 5.91 Å². The number of rotatable bonds is 3. The van der Waals surface area contributed by atoms with Crippen LogP contribution in [0, 0.1) is 0 Å². The number of hydrogen-bond acceptors (Lipinski definition) is 5. The number of sulfonamides is 1.